The molecule has 4 aliphatic rings. The lowest BCUT2D eigenvalue weighted by atomic mass is 9.78. The third-order valence-electron chi connectivity index (χ3n) is 12.0. The molecule has 0 spiro atoms. The van der Waals surface area contributed by atoms with Crippen LogP contribution >= 0.6 is 0 Å². The predicted molar refractivity (Wildman–Crippen MR) is 185 cm³/mol. The maximum atomic E-state index is 14.3. The van der Waals surface area contributed by atoms with Crippen molar-refractivity contribution in [2.24, 2.45) is 23.7 Å². The molecule has 13 atom stereocenters. The molecule has 4 heterocycles. The number of Topliss-reactive ketones (excluding diaryl/α,β-unsaturated/α-hetero) is 1. The van der Waals surface area contributed by atoms with Gasteiger partial charge in [0.1, 0.15) is 18.1 Å². The molecule has 12 heteroatoms. The lowest BCUT2D eigenvalue weighted by molar-refractivity contribution is -0.299. The molecule has 5 unspecified atom stereocenters. The Morgan fingerprint density at radius 1 is 1.06 bits per heavy atom. The van der Waals surface area contributed by atoms with Crippen LogP contribution in [0.2, 0.25) is 0 Å². The average molecular weight is 696 g/mol. The molecule has 4 fully saturated rings. The minimum atomic E-state index is -1.12. The fourth-order valence-electron chi connectivity index (χ4n) is 8.87. The van der Waals surface area contributed by atoms with Gasteiger partial charge in [-0.15, -0.1) is 0 Å². The molecule has 0 radical (unpaired) electrons. The van der Waals surface area contributed by atoms with Crippen molar-refractivity contribution >= 4 is 17.7 Å². The second kappa shape index (κ2) is 16.8. The van der Waals surface area contributed by atoms with Crippen LogP contribution in [0.1, 0.15) is 93.4 Å². The van der Waals surface area contributed by atoms with E-state index in [1.807, 2.05) is 46.7 Å². The Hall–Kier alpha value is -1.67. The van der Waals surface area contributed by atoms with Crippen molar-refractivity contribution in [3.8, 4) is 0 Å². The summed E-state index contributed by atoms with van der Waals surface area (Å²) in [5, 5.41) is 15.3. The highest BCUT2D eigenvalue weighted by molar-refractivity contribution is 6.00. The zero-order valence-corrected chi connectivity index (χ0v) is 31.7. The number of rotatable bonds is 7. The Balaban J connectivity index is 1.67. The molecular formula is C37H65N3O9. The average Bonchev–Trinajstić information content (AvgIpc) is 3.38. The predicted octanol–water partition coefficient (Wildman–Crippen LogP) is 3.17. The van der Waals surface area contributed by atoms with Crippen LogP contribution in [-0.2, 0) is 38.1 Å². The van der Waals surface area contributed by atoms with Gasteiger partial charge in [0.2, 0.25) is 0 Å². The van der Waals surface area contributed by atoms with Crippen molar-refractivity contribution in [3.05, 3.63) is 0 Å². The Labute approximate surface area is 294 Å². The summed E-state index contributed by atoms with van der Waals surface area (Å²) in [6.07, 6.45) is 1.62. The summed E-state index contributed by atoms with van der Waals surface area (Å²) < 4.78 is 31.5. The summed E-state index contributed by atoms with van der Waals surface area (Å²) in [6.45, 7) is 16.5. The third-order valence-corrected chi connectivity index (χ3v) is 12.0. The first-order valence-electron chi connectivity index (χ1n) is 18.7. The molecule has 12 nitrogen and oxygen atoms in total. The zero-order valence-electron chi connectivity index (χ0n) is 31.7. The van der Waals surface area contributed by atoms with Gasteiger partial charge in [0.05, 0.1) is 24.2 Å². The van der Waals surface area contributed by atoms with Crippen LogP contribution in [0.25, 0.3) is 0 Å². The van der Waals surface area contributed by atoms with Gasteiger partial charge in [-0.3, -0.25) is 14.4 Å². The van der Waals surface area contributed by atoms with E-state index in [0.29, 0.717) is 25.8 Å². The number of ketones is 1. The number of hydrogen-bond donors (Lipinski definition) is 2. The summed E-state index contributed by atoms with van der Waals surface area (Å²) in [5.74, 6) is -3.46. The minimum absolute atomic E-state index is 0.0612. The number of fused-ring (bicyclic) bond motifs is 1. The largest absolute Gasteiger partial charge is 0.458 e. The van der Waals surface area contributed by atoms with Crippen molar-refractivity contribution in [1.29, 1.82) is 0 Å². The van der Waals surface area contributed by atoms with Crippen molar-refractivity contribution in [1.82, 2.24) is 15.1 Å². The first-order chi connectivity index (χ1) is 23.0. The van der Waals surface area contributed by atoms with Crippen LogP contribution in [-0.4, -0.2) is 134 Å². The number of aliphatic hydroxyl groups is 1. The molecule has 4 rings (SSSR count). The molecule has 282 valence electrons. The van der Waals surface area contributed by atoms with Crippen LogP contribution in [0.5, 0.6) is 0 Å². The van der Waals surface area contributed by atoms with Gasteiger partial charge in [-0.1, -0.05) is 27.2 Å². The molecule has 0 aliphatic carbocycles. The number of esters is 2. The maximum absolute atomic E-state index is 14.3. The quantitative estimate of drug-likeness (QED) is 0.299. The standard InChI is InChI=1S/C37H65N3O9/c1-11-29-37(7)27(18-30(41)49-37)25(5)38-20-22(2)19-36(6,45-10)33(23(3)31(42)24(4)34(44)47-29)48-35-32(43)28(39(8)9)17-26(46-35)21-40-15-13-12-14-16-40/h22-29,32-33,35,38,43H,11-21H2,1-10H3/t22-,23+,24?,25-,26?,27-,28?,29-,32?,33-,35?,36-,37+/m1/s1. The van der Waals surface area contributed by atoms with Crippen molar-refractivity contribution < 1.29 is 43.2 Å². The Kier molecular flexibility index (Phi) is 13.7. The van der Waals surface area contributed by atoms with Crippen LogP contribution in [0.15, 0.2) is 0 Å². The third kappa shape index (κ3) is 9.04. The van der Waals surface area contributed by atoms with E-state index in [1.165, 1.54) is 6.42 Å². The number of carbonyl (C=O) groups excluding carboxylic acids is 3. The molecule has 4 saturated heterocycles. The SMILES string of the molecule is CC[C@H]1OC(=O)C(C)C(=O)[C@H](C)[C@@H](OC2OC(CN3CCCCC3)CC(N(C)C)C2O)[C@](C)(OC)C[C@@H](C)CN[C@H](C)[C@H]2CC(=O)O[C@@]21C. The van der Waals surface area contributed by atoms with E-state index in [4.69, 9.17) is 23.7 Å². The lowest BCUT2D eigenvalue weighted by Crippen LogP contribution is -2.60. The summed E-state index contributed by atoms with van der Waals surface area (Å²) >= 11 is 0. The van der Waals surface area contributed by atoms with Gasteiger partial charge in [0, 0.05) is 37.6 Å². The number of likely N-dealkylation sites (N-methyl/N-ethyl adjacent to an activating group) is 1. The molecule has 0 aromatic carbocycles. The van der Waals surface area contributed by atoms with E-state index in [2.05, 4.69) is 17.1 Å². The molecular weight excluding hydrogens is 630 g/mol. The van der Waals surface area contributed by atoms with Crippen molar-refractivity contribution in [2.45, 2.75) is 147 Å². The van der Waals surface area contributed by atoms with Gasteiger partial charge in [-0.2, -0.15) is 0 Å². The van der Waals surface area contributed by atoms with Gasteiger partial charge < -0.3 is 43.9 Å². The Morgan fingerprint density at radius 3 is 2.35 bits per heavy atom. The normalized spacial score (nSPS) is 43.8. The number of hydrogen-bond acceptors (Lipinski definition) is 12. The number of nitrogens with zero attached hydrogens (tertiary/aromatic N) is 2. The zero-order chi connectivity index (χ0) is 36.3. The number of piperidine rings is 1. The molecule has 0 amide bonds. The molecule has 0 bridgehead atoms. The van der Waals surface area contributed by atoms with Gasteiger partial charge in [-0.05, 0) is 99.4 Å². The summed E-state index contributed by atoms with van der Waals surface area (Å²) in [7, 11) is 5.51. The summed E-state index contributed by atoms with van der Waals surface area (Å²) in [6, 6.07) is -0.337. The van der Waals surface area contributed by atoms with Crippen LogP contribution in [0.3, 0.4) is 0 Å². The summed E-state index contributed by atoms with van der Waals surface area (Å²) in [4.78, 5) is 45.0. The highest BCUT2D eigenvalue weighted by atomic mass is 16.7. The monoisotopic (exact) mass is 695 g/mol. The number of aliphatic hydroxyl groups excluding tert-OH is 1. The molecule has 0 aromatic rings. The molecule has 49 heavy (non-hydrogen) atoms. The highest BCUT2D eigenvalue weighted by Gasteiger charge is 2.55. The number of carbonyl (C=O) groups is 3. The minimum Gasteiger partial charge on any atom is -0.458 e. The van der Waals surface area contributed by atoms with Gasteiger partial charge >= 0.3 is 11.9 Å². The lowest BCUT2D eigenvalue weighted by Gasteiger charge is -2.47. The van der Waals surface area contributed by atoms with E-state index in [1.54, 1.807) is 21.0 Å². The maximum Gasteiger partial charge on any atom is 0.316 e. The van der Waals surface area contributed by atoms with Gasteiger partial charge in [0.15, 0.2) is 17.7 Å². The fraction of sp³-hybridized carbons (Fsp3) is 0.919. The van der Waals surface area contributed by atoms with Gasteiger partial charge in [-0.25, -0.2) is 0 Å². The van der Waals surface area contributed by atoms with E-state index in [-0.39, 0.29) is 48.2 Å². The topological polar surface area (TPSA) is 136 Å². The number of cyclic esters (lactones) is 1. The smallest absolute Gasteiger partial charge is 0.316 e. The number of nitrogens with one attached hydrogen (secondary N) is 1. The van der Waals surface area contributed by atoms with Crippen molar-refractivity contribution in [2.75, 3.05) is 47.4 Å². The second-order valence-electron chi connectivity index (χ2n) is 16.0. The second-order valence-corrected chi connectivity index (χ2v) is 16.0. The van der Waals surface area contributed by atoms with Crippen molar-refractivity contribution in [3.63, 3.8) is 0 Å². The van der Waals surface area contributed by atoms with Gasteiger partial charge in [0.25, 0.3) is 0 Å². The number of methoxy groups -OCH3 is 1. The number of likely N-dealkylation sites (tertiary alicyclic amines) is 1. The van der Waals surface area contributed by atoms with E-state index >= 15 is 0 Å². The first-order valence-corrected chi connectivity index (χ1v) is 18.7. The molecule has 4 aliphatic heterocycles. The molecule has 0 saturated carbocycles. The fourth-order valence-corrected chi connectivity index (χ4v) is 8.87. The molecule has 0 aromatic heterocycles. The van der Waals surface area contributed by atoms with E-state index in [0.717, 1.165) is 32.5 Å². The first kappa shape index (κ1) is 40.1. The highest BCUT2D eigenvalue weighted by Crippen LogP contribution is 2.42. The van der Waals surface area contributed by atoms with E-state index < -0.39 is 53.6 Å². The Bertz CT molecular complexity index is 1130. The van der Waals surface area contributed by atoms with E-state index in [9.17, 15) is 19.5 Å². The Morgan fingerprint density at radius 2 is 1.73 bits per heavy atom. The number of ether oxygens (including phenoxy) is 5. The molecule has 2 N–H and O–H groups in total. The van der Waals surface area contributed by atoms with Crippen LogP contribution < -0.4 is 5.32 Å². The summed E-state index contributed by atoms with van der Waals surface area (Å²) in [5.41, 5.74) is -2.03. The van der Waals surface area contributed by atoms with Crippen LogP contribution in [0, 0.1) is 23.7 Å². The van der Waals surface area contributed by atoms with Crippen LogP contribution in [0.4, 0.5) is 0 Å².